The van der Waals surface area contributed by atoms with Gasteiger partial charge in [0.05, 0.1) is 0 Å². The van der Waals surface area contributed by atoms with Gasteiger partial charge in [-0.15, -0.1) is 0 Å². The van der Waals surface area contributed by atoms with Crippen molar-refractivity contribution in [1.82, 2.24) is 0 Å². The van der Waals surface area contributed by atoms with Gasteiger partial charge in [-0.3, -0.25) is 0 Å². The number of fused-ring (bicyclic) bond motifs is 5. The summed E-state index contributed by atoms with van der Waals surface area (Å²) in [6, 6.07) is 0. The lowest BCUT2D eigenvalue weighted by molar-refractivity contribution is -0.108. The molecule has 7 atom stereocenters. The number of allylic oxidation sites excluding steroid dienone is 2. The first-order valence-electron chi connectivity index (χ1n) is 11.2. The molecule has 0 aromatic heterocycles. The Labute approximate surface area is 150 Å². The predicted octanol–water partition coefficient (Wildman–Crippen LogP) is 7.39. The van der Waals surface area contributed by atoms with Gasteiger partial charge in [-0.05, 0) is 105 Å². The molecule has 4 aliphatic carbocycles. The molecule has 0 heterocycles. The lowest BCUT2D eigenvalue weighted by atomic mass is 9.44. The van der Waals surface area contributed by atoms with Crippen LogP contribution in [-0.4, -0.2) is 0 Å². The van der Waals surface area contributed by atoms with Crippen LogP contribution in [0.2, 0.25) is 0 Å². The molecule has 4 rings (SSSR count). The smallest absolute Gasteiger partial charge is 0.0149 e. The van der Waals surface area contributed by atoms with Gasteiger partial charge < -0.3 is 0 Å². The molecular formula is C24H40. The molecule has 0 amide bonds. The van der Waals surface area contributed by atoms with Crippen LogP contribution in [0.3, 0.4) is 0 Å². The van der Waals surface area contributed by atoms with E-state index in [1.165, 1.54) is 38.5 Å². The third kappa shape index (κ3) is 2.38. The van der Waals surface area contributed by atoms with E-state index in [-0.39, 0.29) is 0 Å². The van der Waals surface area contributed by atoms with E-state index in [9.17, 15) is 0 Å². The van der Waals surface area contributed by atoms with E-state index in [0.29, 0.717) is 10.8 Å². The molecule has 4 fully saturated rings. The molecule has 0 aliphatic heterocycles. The van der Waals surface area contributed by atoms with Crippen molar-refractivity contribution in [3.05, 3.63) is 11.6 Å². The number of hydrogen-bond donors (Lipinski definition) is 0. The summed E-state index contributed by atoms with van der Waals surface area (Å²) in [6.07, 6.45) is 19.0. The van der Waals surface area contributed by atoms with Gasteiger partial charge in [0.25, 0.3) is 0 Å². The van der Waals surface area contributed by atoms with Crippen LogP contribution in [0.15, 0.2) is 11.6 Å². The zero-order valence-corrected chi connectivity index (χ0v) is 16.7. The molecule has 4 aliphatic rings. The average molecular weight is 329 g/mol. The molecule has 4 saturated carbocycles. The molecular weight excluding hydrogens is 288 g/mol. The highest BCUT2D eigenvalue weighted by molar-refractivity contribution is 5.17. The van der Waals surface area contributed by atoms with Crippen molar-refractivity contribution in [1.29, 1.82) is 0 Å². The van der Waals surface area contributed by atoms with Crippen molar-refractivity contribution >= 4 is 0 Å². The van der Waals surface area contributed by atoms with E-state index >= 15 is 0 Å². The summed E-state index contributed by atoms with van der Waals surface area (Å²) in [4.78, 5) is 0. The van der Waals surface area contributed by atoms with Gasteiger partial charge in [0, 0.05) is 0 Å². The Kier molecular flexibility index (Phi) is 4.41. The van der Waals surface area contributed by atoms with Crippen molar-refractivity contribution in [2.75, 3.05) is 0 Å². The SMILES string of the molecule is CC/C=C(\C)C1CCC2C3CCC4CCCCC4(C)C3CCC12C. The fourth-order valence-corrected chi connectivity index (χ4v) is 8.51. The van der Waals surface area contributed by atoms with E-state index in [1.54, 1.807) is 37.7 Å². The first kappa shape index (κ1) is 17.2. The Hall–Kier alpha value is -0.260. The van der Waals surface area contributed by atoms with Gasteiger partial charge >= 0.3 is 0 Å². The van der Waals surface area contributed by atoms with E-state index in [4.69, 9.17) is 0 Å². The Morgan fingerprint density at radius 1 is 0.875 bits per heavy atom. The molecule has 0 saturated heterocycles. The van der Waals surface area contributed by atoms with Gasteiger partial charge in [0.15, 0.2) is 0 Å². The predicted molar refractivity (Wildman–Crippen MR) is 104 cm³/mol. The van der Waals surface area contributed by atoms with E-state index in [0.717, 1.165) is 29.6 Å². The van der Waals surface area contributed by atoms with E-state index < -0.39 is 0 Å². The maximum atomic E-state index is 2.71. The molecule has 0 nitrogen and oxygen atoms in total. The van der Waals surface area contributed by atoms with Crippen LogP contribution in [0, 0.1) is 40.4 Å². The van der Waals surface area contributed by atoms with Gasteiger partial charge in [0.1, 0.15) is 0 Å². The van der Waals surface area contributed by atoms with E-state index in [2.05, 4.69) is 33.8 Å². The van der Waals surface area contributed by atoms with Gasteiger partial charge in [-0.2, -0.15) is 0 Å². The lowest BCUT2D eigenvalue weighted by Gasteiger charge is -2.60. The summed E-state index contributed by atoms with van der Waals surface area (Å²) >= 11 is 0. The minimum atomic E-state index is 0.620. The van der Waals surface area contributed by atoms with Crippen LogP contribution in [-0.2, 0) is 0 Å². The topological polar surface area (TPSA) is 0 Å². The molecule has 0 bridgehead atoms. The fourth-order valence-electron chi connectivity index (χ4n) is 8.51. The highest BCUT2D eigenvalue weighted by atomic mass is 14.6. The molecule has 0 spiro atoms. The van der Waals surface area contributed by atoms with Crippen LogP contribution in [0.25, 0.3) is 0 Å². The quantitative estimate of drug-likeness (QED) is 0.463. The number of hydrogen-bond acceptors (Lipinski definition) is 0. The standard InChI is InChI=1S/C24H40/c1-5-8-17(2)20-12-13-21-19-11-10-18-9-6-7-15-23(18,3)22(19)14-16-24(20,21)4/h8,18-22H,5-7,9-16H2,1-4H3/b17-8+. The Balaban J connectivity index is 1.60. The van der Waals surface area contributed by atoms with Crippen LogP contribution >= 0.6 is 0 Å². The van der Waals surface area contributed by atoms with Crippen molar-refractivity contribution < 1.29 is 0 Å². The summed E-state index contributed by atoms with van der Waals surface area (Å²) < 4.78 is 0. The molecule has 0 aromatic carbocycles. The van der Waals surface area contributed by atoms with Crippen LogP contribution in [0.1, 0.15) is 98.3 Å². The zero-order valence-electron chi connectivity index (χ0n) is 16.7. The Morgan fingerprint density at radius 3 is 2.46 bits per heavy atom. The average Bonchev–Trinajstić information content (AvgIpc) is 2.92. The summed E-state index contributed by atoms with van der Waals surface area (Å²) in [6.45, 7) is 10.1. The molecule has 7 unspecified atom stereocenters. The first-order chi connectivity index (χ1) is 11.5. The summed E-state index contributed by atoms with van der Waals surface area (Å²) in [5.74, 6) is 5.10. The van der Waals surface area contributed by atoms with Crippen molar-refractivity contribution in [3.63, 3.8) is 0 Å². The highest BCUT2D eigenvalue weighted by Crippen LogP contribution is 2.68. The molecule has 0 aromatic rings. The Bertz CT molecular complexity index is 502. The summed E-state index contributed by atoms with van der Waals surface area (Å²) in [7, 11) is 0. The second-order valence-electron chi connectivity index (χ2n) is 10.4. The second-order valence-corrected chi connectivity index (χ2v) is 10.4. The van der Waals surface area contributed by atoms with Gasteiger partial charge in [-0.1, -0.05) is 45.3 Å². The third-order valence-corrected chi connectivity index (χ3v) is 9.66. The maximum Gasteiger partial charge on any atom is -0.0149 e. The Morgan fingerprint density at radius 2 is 1.67 bits per heavy atom. The minimum Gasteiger partial charge on any atom is -0.0856 e. The van der Waals surface area contributed by atoms with E-state index in [1.807, 2.05) is 0 Å². The van der Waals surface area contributed by atoms with Crippen molar-refractivity contribution in [2.24, 2.45) is 40.4 Å². The highest BCUT2D eigenvalue weighted by Gasteiger charge is 2.59. The molecule has 0 heteroatoms. The van der Waals surface area contributed by atoms with Gasteiger partial charge in [0.2, 0.25) is 0 Å². The third-order valence-electron chi connectivity index (χ3n) is 9.66. The summed E-state index contributed by atoms with van der Waals surface area (Å²) in [5.41, 5.74) is 3.04. The zero-order chi connectivity index (χ0) is 16.9. The largest absolute Gasteiger partial charge is 0.0856 e. The minimum absolute atomic E-state index is 0.620. The normalized spacial score (nSPS) is 51.7. The second kappa shape index (κ2) is 6.17. The van der Waals surface area contributed by atoms with Crippen LogP contribution in [0.5, 0.6) is 0 Å². The van der Waals surface area contributed by atoms with Gasteiger partial charge in [-0.25, -0.2) is 0 Å². The lowest BCUT2D eigenvalue weighted by Crippen LogP contribution is -2.52. The van der Waals surface area contributed by atoms with Crippen LogP contribution < -0.4 is 0 Å². The first-order valence-corrected chi connectivity index (χ1v) is 11.2. The monoisotopic (exact) mass is 328 g/mol. The summed E-state index contributed by atoms with van der Waals surface area (Å²) in [5, 5.41) is 0. The molecule has 0 radical (unpaired) electrons. The van der Waals surface area contributed by atoms with Crippen LogP contribution in [0.4, 0.5) is 0 Å². The molecule has 24 heavy (non-hydrogen) atoms. The number of rotatable bonds is 2. The molecule has 0 N–H and O–H groups in total. The molecule has 136 valence electrons. The maximum absolute atomic E-state index is 2.71. The van der Waals surface area contributed by atoms with Crippen molar-refractivity contribution in [3.8, 4) is 0 Å². The fraction of sp³-hybridized carbons (Fsp3) is 0.917. The van der Waals surface area contributed by atoms with Crippen molar-refractivity contribution in [2.45, 2.75) is 98.3 Å².